The van der Waals surface area contributed by atoms with Crippen molar-refractivity contribution in [3.8, 4) is 0 Å². The van der Waals surface area contributed by atoms with Gasteiger partial charge in [0, 0.05) is 12.6 Å². The number of H-pyrrole nitrogens is 1. The molecule has 0 fully saturated rings. The maximum absolute atomic E-state index is 11.9. The molecule has 1 aromatic carbocycles. The van der Waals surface area contributed by atoms with E-state index < -0.39 is 0 Å². The van der Waals surface area contributed by atoms with E-state index in [0.29, 0.717) is 15.7 Å². The zero-order valence-electron chi connectivity index (χ0n) is 9.51. The van der Waals surface area contributed by atoms with Crippen LogP contribution in [0, 0.1) is 0 Å². The monoisotopic (exact) mass is 283 g/mol. The number of carbonyl (C=O) groups is 1. The molecule has 2 rings (SSSR count). The number of Topliss-reactive ketones (excluding diaryl/α,β-unsaturated/α-hetero) is 1. The van der Waals surface area contributed by atoms with Gasteiger partial charge in [-0.25, -0.2) is 9.89 Å². The highest BCUT2D eigenvalue weighted by atomic mass is 35.5. The standard InChI is InChI=1S/C11H10ClN3O2S/c1-15-10(17)13-14-11(15)18-6-9(16)7-4-2-3-5-8(7)12/h2-5H,6H2,1H3,(H,13,17). The second-order valence-electron chi connectivity index (χ2n) is 3.56. The molecule has 0 atom stereocenters. The van der Waals surface area contributed by atoms with Gasteiger partial charge in [0.1, 0.15) is 0 Å². The number of hydrogen-bond donors (Lipinski definition) is 1. The number of carbonyl (C=O) groups excluding carboxylic acids is 1. The quantitative estimate of drug-likeness (QED) is 0.685. The van der Waals surface area contributed by atoms with Crippen molar-refractivity contribution in [3.05, 3.63) is 45.3 Å². The van der Waals surface area contributed by atoms with E-state index in [9.17, 15) is 9.59 Å². The molecule has 0 saturated carbocycles. The van der Waals surface area contributed by atoms with E-state index in [1.165, 1.54) is 16.3 Å². The van der Waals surface area contributed by atoms with Crippen molar-refractivity contribution in [1.82, 2.24) is 14.8 Å². The molecule has 5 nitrogen and oxygen atoms in total. The van der Waals surface area contributed by atoms with Crippen molar-refractivity contribution in [2.75, 3.05) is 5.75 Å². The van der Waals surface area contributed by atoms with Gasteiger partial charge in [-0.2, -0.15) is 0 Å². The average Bonchev–Trinajstić information content (AvgIpc) is 2.68. The zero-order chi connectivity index (χ0) is 13.1. The molecule has 0 aliphatic heterocycles. The highest BCUT2D eigenvalue weighted by molar-refractivity contribution is 7.99. The van der Waals surface area contributed by atoms with E-state index >= 15 is 0 Å². The molecule has 1 aromatic heterocycles. The molecule has 1 N–H and O–H groups in total. The largest absolute Gasteiger partial charge is 0.343 e. The Hall–Kier alpha value is -1.53. The number of hydrogen-bond acceptors (Lipinski definition) is 4. The van der Waals surface area contributed by atoms with Gasteiger partial charge in [-0.3, -0.25) is 9.36 Å². The summed E-state index contributed by atoms with van der Waals surface area (Å²) in [7, 11) is 1.59. The first-order chi connectivity index (χ1) is 8.59. The van der Waals surface area contributed by atoms with E-state index in [4.69, 9.17) is 11.6 Å². The van der Waals surface area contributed by atoms with Crippen LogP contribution >= 0.6 is 23.4 Å². The topological polar surface area (TPSA) is 67.8 Å². The predicted octanol–water partition coefficient (Wildman–Crippen LogP) is 1.74. The number of benzene rings is 1. The van der Waals surface area contributed by atoms with Crippen molar-refractivity contribution < 1.29 is 4.79 Å². The van der Waals surface area contributed by atoms with Crippen LogP contribution in [0.2, 0.25) is 5.02 Å². The number of aromatic amines is 1. The van der Waals surface area contributed by atoms with Gasteiger partial charge in [-0.15, -0.1) is 5.10 Å². The molecular formula is C11H10ClN3O2S. The number of nitrogens with one attached hydrogen (secondary N) is 1. The zero-order valence-corrected chi connectivity index (χ0v) is 11.1. The molecule has 2 aromatic rings. The second-order valence-corrected chi connectivity index (χ2v) is 4.91. The van der Waals surface area contributed by atoms with Crippen LogP contribution in [0.1, 0.15) is 10.4 Å². The van der Waals surface area contributed by atoms with Crippen LogP contribution in [0.25, 0.3) is 0 Å². The number of aromatic nitrogens is 3. The van der Waals surface area contributed by atoms with Crippen molar-refractivity contribution in [2.24, 2.45) is 7.05 Å². The fraction of sp³-hybridized carbons (Fsp3) is 0.182. The Labute approximate surface area is 112 Å². The molecule has 0 aliphatic carbocycles. The van der Waals surface area contributed by atoms with Gasteiger partial charge in [0.15, 0.2) is 10.9 Å². The van der Waals surface area contributed by atoms with E-state index in [1.54, 1.807) is 31.3 Å². The lowest BCUT2D eigenvalue weighted by atomic mass is 10.1. The van der Waals surface area contributed by atoms with Crippen LogP contribution in [0.4, 0.5) is 0 Å². The SMILES string of the molecule is Cn1c(SCC(=O)c2ccccc2Cl)n[nH]c1=O. The highest BCUT2D eigenvalue weighted by Gasteiger charge is 2.12. The summed E-state index contributed by atoms with van der Waals surface area (Å²) >= 11 is 7.12. The number of ketones is 1. The van der Waals surface area contributed by atoms with Crippen LogP contribution in [0.3, 0.4) is 0 Å². The first kappa shape index (κ1) is 12.9. The molecular weight excluding hydrogens is 274 g/mol. The normalized spacial score (nSPS) is 10.6. The first-order valence-electron chi connectivity index (χ1n) is 5.11. The molecule has 0 aliphatic rings. The number of nitrogens with zero attached hydrogens (tertiary/aromatic N) is 2. The van der Waals surface area contributed by atoms with Crippen LogP contribution in [0.15, 0.2) is 34.2 Å². The summed E-state index contributed by atoms with van der Waals surface area (Å²) in [5.41, 5.74) is 0.176. The summed E-state index contributed by atoms with van der Waals surface area (Å²) in [5.74, 6) is 0.0862. The summed E-state index contributed by atoms with van der Waals surface area (Å²) in [6, 6.07) is 6.87. The van der Waals surface area contributed by atoms with E-state index in [0.717, 1.165) is 0 Å². The summed E-state index contributed by atoms with van der Waals surface area (Å²) in [6.45, 7) is 0. The lowest BCUT2D eigenvalue weighted by molar-refractivity contribution is 0.102. The van der Waals surface area contributed by atoms with Gasteiger partial charge < -0.3 is 0 Å². The summed E-state index contributed by atoms with van der Waals surface area (Å²) < 4.78 is 1.35. The molecule has 7 heteroatoms. The van der Waals surface area contributed by atoms with Gasteiger partial charge in [0.05, 0.1) is 10.8 Å². The molecule has 1 heterocycles. The van der Waals surface area contributed by atoms with Crippen LogP contribution in [-0.2, 0) is 7.05 Å². The minimum Gasteiger partial charge on any atom is -0.293 e. The summed E-state index contributed by atoms with van der Waals surface area (Å²) in [6.07, 6.45) is 0. The third-order valence-corrected chi connectivity index (χ3v) is 3.70. The van der Waals surface area contributed by atoms with Gasteiger partial charge in [0.2, 0.25) is 0 Å². The van der Waals surface area contributed by atoms with Gasteiger partial charge in [-0.05, 0) is 12.1 Å². The predicted molar refractivity (Wildman–Crippen MR) is 70.3 cm³/mol. The summed E-state index contributed by atoms with van der Waals surface area (Å²) in [5, 5.41) is 7.02. The molecule has 0 bridgehead atoms. The fourth-order valence-electron chi connectivity index (χ4n) is 1.36. The van der Waals surface area contributed by atoms with Crippen LogP contribution in [-0.4, -0.2) is 26.3 Å². The number of thioether (sulfide) groups is 1. The smallest absolute Gasteiger partial charge is 0.293 e. The Bertz CT molecular complexity index is 635. The Morgan fingerprint density at radius 1 is 1.50 bits per heavy atom. The molecule has 94 valence electrons. The Morgan fingerprint density at radius 3 is 2.83 bits per heavy atom. The minimum absolute atomic E-state index is 0.0963. The maximum atomic E-state index is 11.9. The van der Waals surface area contributed by atoms with Gasteiger partial charge >= 0.3 is 5.69 Å². The number of rotatable bonds is 4. The molecule has 0 spiro atoms. The third kappa shape index (κ3) is 2.65. The Morgan fingerprint density at radius 2 is 2.22 bits per heavy atom. The third-order valence-electron chi connectivity index (χ3n) is 2.35. The number of halogens is 1. The Balaban J connectivity index is 2.08. The van der Waals surface area contributed by atoms with E-state index in [1.807, 2.05) is 0 Å². The molecule has 18 heavy (non-hydrogen) atoms. The van der Waals surface area contributed by atoms with Crippen LogP contribution < -0.4 is 5.69 Å². The van der Waals surface area contributed by atoms with Crippen molar-refractivity contribution in [2.45, 2.75) is 5.16 Å². The van der Waals surface area contributed by atoms with E-state index in [-0.39, 0.29) is 17.2 Å². The van der Waals surface area contributed by atoms with Gasteiger partial charge in [-0.1, -0.05) is 35.5 Å². The van der Waals surface area contributed by atoms with Crippen molar-refractivity contribution in [1.29, 1.82) is 0 Å². The minimum atomic E-state index is -0.303. The maximum Gasteiger partial charge on any atom is 0.343 e. The Kier molecular flexibility index (Phi) is 3.88. The fourth-order valence-corrected chi connectivity index (χ4v) is 2.40. The summed E-state index contributed by atoms with van der Waals surface area (Å²) in [4.78, 5) is 23.1. The first-order valence-corrected chi connectivity index (χ1v) is 6.48. The molecule has 0 unspecified atom stereocenters. The lowest BCUT2D eigenvalue weighted by Crippen LogP contribution is -2.13. The molecule has 0 radical (unpaired) electrons. The highest BCUT2D eigenvalue weighted by Crippen LogP contribution is 2.19. The van der Waals surface area contributed by atoms with Crippen LogP contribution in [0.5, 0.6) is 0 Å². The second kappa shape index (κ2) is 5.41. The molecule has 0 saturated heterocycles. The average molecular weight is 284 g/mol. The van der Waals surface area contributed by atoms with Gasteiger partial charge in [0.25, 0.3) is 0 Å². The molecule has 0 amide bonds. The van der Waals surface area contributed by atoms with E-state index in [2.05, 4.69) is 10.2 Å². The van der Waals surface area contributed by atoms with Crippen molar-refractivity contribution in [3.63, 3.8) is 0 Å². The van der Waals surface area contributed by atoms with Crippen molar-refractivity contribution >= 4 is 29.1 Å². The lowest BCUT2D eigenvalue weighted by Gasteiger charge is -2.02.